The summed E-state index contributed by atoms with van der Waals surface area (Å²) in [6, 6.07) is 0. The van der Waals surface area contributed by atoms with Gasteiger partial charge in [0.05, 0.1) is 0 Å². The van der Waals surface area contributed by atoms with Crippen LogP contribution in [0.3, 0.4) is 0 Å². The summed E-state index contributed by atoms with van der Waals surface area (Å²) in [6.07, 6.45) is 0. The van der Waals surface area contributed by atoms with Gasteiger partial charge < -0.3 is 10.2 Å². The third-order valence-electron chi connectivity index (χ3n) is 2.08. The fourth-order valence-corrected chi connectivity index (χ4v) is 3.41. The molecule has 0 saturated heterocycles. The van der Waals surface area contributed by atoms with Gasteiger partial charge in [0.15, 0.2) is 10.5 Å². The number of carboxylic acids is 2. The predicted molar refractivity (Wildman–Crippen MR) is 55.1 cm³/mol. The van der Waals surface area contributed by atoms with Gasteiger partial charge >= 0.3 is 11.9 Å². The lowest BCUT2D eigenvalue weighted by atomic mass is 10.0. The van der Waals surface area contributed by atoms with E-state index in [0.717, 1.165) is 0 Å². The molecule has 0 aliphatic rings. The molecule has 0 aromatic heterocycles. The number of rotatable bonds is 6. The van der Waals surface area contributed by atoms with Crippen LogP contribution in [0, 0.1) is 5.92 Å². The molecule has 0 aliphatic heterocycles. The zero-order valence-corrected chi connectivity index (χ0v) is 10.4. The summed E-state index contributed by atoms with van der Waals surface area (Å²) in [6.45, 7) is 0.652. The van der Waals surface area contributed by atoms with Gasteiger partial charge in [0, 0.05) is 5.92 Å². The van der Waals surface area contributed by atoms with Crippen LogP contribution in [0.1, 0.15) is 6.92 Å². The standard InChI is InChI=1S/C6H10O10S2/c1-2(3(5(7)8)17(11,12)13)4(6(9)10)18(14,15)16/h2-4H,1H3,(H,7,8)(H,9,10)(H,11,12,13)(H,14,15,16)/t3-,4-/m1/s1. The Balaban J connectivity index is 5.79. The van der Waals surface area contributed by atoms with E-state index in [-0.39, 0.29) is 0 Å². The van der Waals surface area contributed by atoms with Crippen molar-refractivity contribution in [1.82, 2.24) is 0 Å². The second-order valence-electron chi connectivity index (χ2n) is 3.41. The fraction of sp³-hybridized carbons (Fsp3) is 0.667. The zero-order valence-electron chi connectivity index (χ0n) is 8.79. The smallest absolute Gasteiger partial charge is 0.324 e. The van der Waals surface area contributed by atoms with E-state index in [9.17, 15) is 26.4 Å². The Morgan fingerprint density at radius 1 is 0.833 bits per heavy atom. The highest BCUT2D eigenvalue weighted by atomic mass is 32.2. The van der Waals surface area contributed by atoms with Crippen molar-refractivity contribution in [2.24, 2.45) is 5.92 Å². The predicted octanol–water partition coefficient (Wildman–Crippen LogP) is -1.70. The minimum atomic E-state index is -5.24. The average molecular weight is 306 g/mol. The van der Waals surface area contributed by atoms with Gasteiger partial charge in [0.1, 0.15) is 0 Å². The molecule has 0 aliphatic carbocycles. The molecule has 0 bridgehead atoms. The van der Waals surface area contributed by atoms with Gasteiger partial charge in [-0.25, -0.2) is 0 Å². The van der Waals surface area contributed by atoms with Gasteiger partial charge in [-0.3, -0.25) is 18.7 Å². The molecule has 0 fully saturated rings. The summed E-state index contributed by atoms with van der Waals surface area (Å²) in [5.74, 6) is -6.38. The normalized spacial score (nSPS) is 16.2. The molecule has 18 heavy (non-hydrogen) atoms. The molecule has 4 N–H and O–H groups in total. The van der Waals surface area contributed by atoms with E-state index in [2.05, 4.69) is 0 Å². The third-order valence-corrected chi connectivity index (χ3v) is 4.63. The molecule has 0 amide bonds. The molecule has 0 aromatic rings. The van der Waals surface area contributed by atoms with Crippen molar-refractivity contribution in [2.75, 3.05) is 0 Å². The third kappa shape index (κ3) is 3.90. The van der Waals surface area contributed by atoms with E-state index in [1.165, 1.54) is 0 Å². The molecule has 2 atom stereocenters. The van der Waals surface area contributed by atoms with Crippen LogP contribution in [0.4, 0.5) is 0 Å². The van der Waals surface area contributed by atoms with E-state index >= 15 is 0 Å². The minimum Gasteiger partial charge on any atom is -0.480 e. The Kier molecular flexibility index (Phi) is 4.82. The van der Waals surface area contributed by atoms with Gasteiger partial charge in [-0.05, 0) is 0 Å². The van der Waals surface area contributed by atoms with Crippen molar-refractivity contribution in [3.8, 4) is 0 Å². The SMILES string of the molecule is CC([C@H](C(=O)O)S(=O)(=O)O)[C@H](C(=O)O)S(=O)(=O)O. The Hall–Kier alpha value is -1.24. The topological polar surface area (TPSA) is 183 Å². The lowest BCUT2D eigenvalue weighted by Gasteiger charge is -2.21. The molecular formula is C6H10O10S2. The highest BCUT2D eigenvalue weighted by molar-refractivity contribution is 7.88. The maximum absolute atomic E-state index is 10.8. The fourth-order valence-electron chi connectivity index (χ4n) is 1.41. The minimum absolute atomic E-state index is 0.652. The van der Waals surface area contributed by atoms with Crippen LogP contribution in [-0.2, 0) is 29.8 Å². The lowest BCUT2D eigenvalue weighted by Crippen LogP contribution is -2.47. The lowest BCUT2D eigenvalue weighted by molar-refractivity contribution is -0.139. The van der Waals surface area contributed by atoms with Gasteiger partial charge in [-0.2, -0.15) is 16.8 Å². The van der Waals surface area contributed by atoms with E-state index in [4.69, 9.17) is 19.3 Å². The summed E-state index contributed by atoms with van der Waals surface area (Å²) in [5, 5.41) is 11.7. The van der Waals surface area contributed by atoms with Crippen molar-refractivity contribution >= 4 is 32.2 Å². The van der Waals surface area contributed by atoms with E-state index < -0.39 is 48.6 Å². The monoisotopic (exact) mass is 306 g/mol. The summed E-state index contributed by atoms with van der Waals surface area (Å²) in [5.41, 5.74) is 0. The molecule has 0 saturated carbocycles. The summed E-state index contributed by atoms with van der Waals surface area (Å²) >= 11 is 0. The molecule has 0 rings (SSSR count). The molecule has 0 radical (unpaired) electrons. The summed E-state index contributed by atoms with van der Waals surface area (Å²) in [7, 11) is -10.5. The second-order valence-corrected chi connectivity index (χ2v) is 6.48. The number of hydrogen-bond acceptors (Lipinski definition) is 6. The van der Waals surface area contributed by atoms with Gasteiger partial charge in [0.2, 0.25) is 0 Å². The first kappa shape index (κ1) is 16.8. The maximum atomic E-state index is 10.8. The average Bonchev–Trinajstić information content (AvgIpc) is 1.93. The number of carbonyl (C=O) groups is 2. The van der Waals surface area contributed by atoms with Crippen molar-refractivity contribution in [3.05, 3.63) is 0 Å². The first-order chi connectivity index (χ1) is 7.80. The Morgan fingerprint density at radius 3 is 1.17 bits per heavy atom. The maximum Gasteiger partial charge on any atom is 0.324 e. The van der Waals surface area contributed by atoms with E-state index in [1.54, 1.807) is 0 Å². The molecule has 10 nitrogen and oxygen atoms in total. The highest BCUT2D eigenvalue weighted by Gasteiger charge is 2.48. The Labute approximate surface area is 102 Å². The van der Waals surface area contributed by atoms with Gasteiger partial charge in [0.25, 0.3) is 20.2 Å². The zero-order chi connectivity index (χ0) is 14.9. The van der Waals surface area contributed by atoms with Gasteiger partial charge in [-0.1, -0.05) is 6.92 Å². The number of hydrogen-bond donors (Lipinski definition) is 4. The number of aliphatic carboxylic acids is 2. The van der Waals surface area contributed by atoms with Crippen molar-refractivity contribution < 1.29 is 45.7 Å². The molecule has 0 unspecified atom stereocenters. The molecule has 0 spiro atoms. The van der Waals surface area contributed by atoms with Crippen LogP contribution >= 0.6 is 0 Å². The Bertz CT molecular complexity index is 493. The molecule has 12 heteroatoms. The van der Waals surface area contributed by atoms with Crippen LogP contribution in [0.15, 0.2) is 0 Å². The molecule has 0 heterocycles. The molecule has 106 valence electrons. The van der Waals surface area contributed by atoms with Crippen LogP contribution < -0.4 is 0 Å². The van der Waals surface area contributed by atoms with Gasteiger partial charge in [-0.15, -0.1) is 0 Å². The van der Waals surface area contributed by atoms with Crippen LogP contribution in [0.5, 0.6) is 0 Å². The molecular weight excluding hydrogens is 296 g/mol. The van der Waals surface area contributed by atoms with E-state index in [1.807, 2.05) is 0 Å². The second kappa shape index (κ2) is 5.17. The first-order valence-corrected chi connectivity index (χ1v) is 7.19. The van der Waals surface area contributed by atoms with Crippen LogP contribution in [0.2, 0.25) is 0 Å². The largest absolute Gasteiger partial charge is 0.480 e. The number of carboxylic acid groups (broad SMARTS) is 2. The van der Waals surface area contributed by atoms with Crippen LogP contribution in [-0.4, -0.2) is 58.6 Å². The highest BCUT2D eigenvalue weighted by Crippen LogP contribution is 2.21. The first-order valence-electron chi connectivity index (χ1n) is 4.18. The van der Waals surface area contributed by atoms with E-state index in [0.29, 0.717) is 6.92 Å². The summed E-state index contributed by atoms with van der Waals surface area (Å²) < 4.78 is 60.4. The summed E-state index contributed by atoms with van der Waals surface area (Å²) in [4.78, 5) is 21.3. The quantitative estimate of drug-likeness (QED) is 0.412. The molecule has 0 aromatic carbocycles. The van der Waals surface area contributed by atoms with Crippen molar-refractivity contribution in [1.29, 1.82) is 0 Å². The van der Waals surface area contributed by atoms with Crippen molar-refractivity contribution in [3.63, 3.8) is 0 Å². The Morgan fingerprint density at radius 2 is 1.06 bits per heavy atom. The van der Waals surface area contributed by atoms with Crippen molar-refractivity contribution in [2.45, 2.75) is 17.4 Å². The van der Waals surface area contributed by atoms with Crippen LogP contribution in [0.25, 0.3) is 0 Å².